The van der Waals surface area contributed by atoms with Crippen LogP contribution in [0.4, 0.5) is 5.69 Å². The van der Waals surface area contributed by atoms with Crippen LogP contribution >= 0.6 is 34.8 Å². The van der Waals surface area contributed by atoms with Crippen LogP contribution in [-0.4, -0.2) is 57.6 Å². The lowest BCUT2D eigenvalue weighted by atomic mass is 10.2. The molecular weight excluding hydrogens is 503 g/mol. The van der Waals surface area contributed by atoms with Crippen molar-refractivity contribution in [3.63, 3.8) is 0 Å². The molecule has 172 valence electrons. The van der Waals surface area contributed by atoms with Crippen molar-refractivity contribution in [2.75, 3.05) is 25.7 Å². The van der Waals surface area contributed by atoms with E-state index >= 15 is 0 Å². The van der Waals surface area contributed by atoms with Crippen LogP contribution in [0.25, 0.3) is 0 Å². The molecule has 2 amide bonds. The Bertz CT molecular complexity index is 1120. The zero-order chi connectivity index (χ0) is 23.6. The summed E-state index contributed by atoms with van der Waals surface area (Å²) in [5.41, 5.74) is 0.278. The van der Waals surface area contributed by atoms with Crippen LogP contribution in [0.5, 0.6) is 0 Å². The van der Waals surface area contributed by atoms with Gasteiger partial charge in [-0.2, -0.15) is 4.31 Å². The smallest absolute Gasteiger partial charge is 0.252 e. The summed E-state index contributed by atoms with van der Waals surface area (Å²) in [5.74, 6) is -1.28. The molecule has 8 nitrogen and oxygen atoms in total. The Balaban J connectivity index is 2.06. The van der Waals surface area contributed by atoms with Crippen molar-refractivity contribution in [2.45, 2.75) is 23.6 Å². The molecule has 1 unspecified atom stereocenters. The Kier molecular flexibility index (Phi) is 7.82. The van der Waals surface area contributed by atoms with E-state index in [1.807, 2.05) is 0 Å². The predicted octanol–water partition coefficient (Wildman–Crippen LogP) is 3.59. The maximum Gasteiger partial charge on any atom is 0.252 e. The molecule has 0 aliphatic carbocycles. The van der Waals surface area contributed by atoms with Gasteiger partial charge in [0.05, 0.1) is 23.7 Å². The van der Waals surface area contributed by atoms with E-state index in [0.29, 0.717) is 5.02 Å². The topological polar surface area (TPSA) is 93.2 Å². The number of ether oxygens (including phenoxy) is 2. The third kappa shape index (κ3) is 4.94. The normalized spacial score (nSPS) is 17.1. The monoisotopic (exact) mass is 520 g/mol. The highest BCUT2D eigenvalue weighted by Crippen LogP contribution is 2.33. The largest absolute Gasteiger partial charge is 0.354 e. The molecule has 1 fully saturated rings. The fourth-order valence-electron chi connectivity index (χ4n) is 3.29. The van der Waals surface area contributed by atoms with Gasteiger partial charge in [0.25, 0.3) is 5.91 Å². The fourth-order valence-corrected chi connectivity index (χ4v) is 5.72. The van der Waals surface area contributed by atoms with E-state index in [1.54, 1.807) is 0 Å². The van der Waals surface area contributed by atoms with Gasteiger partial charge in [-0.1, -0.05) is 34.8 Å². The summed E-state index contributed by atoms with van der Waals surface area (Å²) in [7, 11) is -1.73. The number of sulfonamides is 1. The molecule has 0 N–H and O–H groups in total. The number of anilines is 1. The molecule has 1 atom stereocenters. The van der Waals surface area contributed by atoms with E-state index in [2.05, 4.69) is 0 Å². The van der Waals surface area contributed by atoms with Crippen LogP contribution in [0.15, 0.2) is 47.4 Å². The number of benzene rings is 2. The summed E-state index contributed by atoms with van der Waals surface area (Å²) < 4.78 is 38.3. The number of rotatable bonds is 8. The quantitative estimate of drug-likeness (QED) is 0.389. The van der Waals surface area contributed by atoms with Crippen molar-refractivity contribution < 1.29 is 27.5 Å². The number of carbonyl (C=O) groups is 2. The summed E-state index contributed by atoms with van der Waals surface area (Å²) in [4.78, 5) is 26.6. The molecule has 0 aromatic heterocycles. The lowest BCUT2D eigenvalue weighted by Gasteiger charge is -2.29. The van der Waals surface area contributed by atoms with Gasteiger partial charge in [0, 0.05) is 24.3 Å². The lowest BCUT2D eigenvalue weighted by Crippen LogP contribution is -2.49. The van der Waals surface area contributed by atoms with Crippen molar-refractivity contribution in [3.8, 4) is 0 Å². The summed E-state index contributed by atoms with van der Waals surface area (Å²) >= 11 is 18.0. The molecule has 3 rings (SSSR count). The van der Waals surface area contributed by atoms with Crippen LogP contribution in [-0.2, 0) is 29.1 Å². The van der Waals surface area contributed by atoms with Gasteiger partial charge in [0.1, 0.15) is 10.9 Å². The van der Waals surface area contributed by atoms with Gasteiger partial charge in [0.15, 0.2) is 6.29 Å². The minimum Gasteiger partial charge on any atom is -0.354 e. The van der Waals surface area contributed by atoms with Crippen LogP contribution < -0.4 is 4.90 Å². The zero-order valence-electron chi connectivity index (χ0n) is 17.0. The van der Waals surface area contributed by atoms with Crippen molar-refractivity contribution >= 4 is 62.3 Å². The molecule has 1 aliphatic rings. The standard InChI is InChI=1S/C20H19Cl3N2O6S/c1-30-19(31-2)11-24(32(28,29)17-9-13(22)5-8-15(17)23)16-10-18(26)25(20(16)27)14-6-3-12(21)4-7-14/h3-9,16,19H,10-11H2,1-2H3. The Morgan fingerprint density at radius 1 is 1.03 bits per heavy atom. The molecule has 2 aromatic rings. The van der Waals surface area contributed by atoms with Crippen LogP contribution in [0.2, 0.25) is 15.1 Å². The van der Waals surface area contributed by atoms with Gasteiger partial charge >= 0.3 is 0 Å². The minimum absolute atomic E-state index is 0.0860. The molecule has 1 saturated heterocycles. The Morgan fingerprint density at radius 2 is 1.62 bits per heavy atom. The molecule has 0 bridgehead atoms. The number of amides is 2. The number of methoxy groups -OCH3 is 2. The van der Waals surface area contributed by atoms with Crippen molar-refractivity contribution in [2.24, 2.45) is 0 Å². The van der Waals surface area contributed by atoms with Crippen LogP contribution in [0, 0.1) is 0 Å². The maximum atomic E-state index is 13.6. The fraction of sp³-hybridized carbons (Fsp3) is 0.300. The first-order valence-electron chi connectivity index (χ1n) is 9.25. The second-order valence-electron chi connectivity index (χ2n) is 6.81. The highest BCUT2D eigenvalue weighted by Gasteiger charge is 2.48. The molecule has 2 aromatic carbocycles. The first-order valence-corrected chi connectivity index (χ1v) is 11.8. The second kappa shape index (κ2) is 10.0. The van der Waals surface area contributed by atoms with Gasteiger partial charge in [-0.15, -0.1) is 0 Å². The number of imide groups is 1. The Hall–Kier alpha value is -1.72. The molecule has 0 radical (unpaired) electrons. The average molecular weight is 522 g/mol. The number of hydrogen-bond donors (Lipinski definition) is 0. The molecular formula is C20H19Cl3N2O6S. The third-order valence-corrected chi connectivity index (χ3v) is 7.73. The molecule has 0 saturated carbocycles. The Morgan fingerprint density at radius 3 is 2.22 bits per heavy atom. The number of nitrogens with zero attached hydrogens (tertiary/aromatic N) is 2. The number of hydrogen-bond acceptors (Lipinski definition) is 6. The van der Waals surface area contributed by atoms with Gasteiger partial charge in [-0.25, -0.2) is 13.3 Å². The van der Waals surface area contributed by atoms with Crippen molar-refractivity contribution in [3.05, 3.63) is 57.5 Å². The summed E-state index contributed by atoms with van der Waals surface area (Å²) in [6, 6.07) is 8.66. The first-order chi connectivity index (χ1) is 15.1. The second-order valence-corrected chi connectivity index (χ2v) is 9.95. The summed E-state index contributed by atoms with van der Waals surface area (Å²) in [6.07, 6.45) is -1.38. The van der Waals surface area contributed by atoms with E-state index in [0.717, 1.165) is 9.21 Å². The van der Waals surface area contributed by atoms with Gasteiger partial charge < -0.3 is 9.47 Å². The van der Waals surface area contributed by atoms with E-state index < -0.39 is 34.2 Å². The molecule has 12 heteroatoms. The van der Waals surface area contributed by atoms with Gasteiger partial charge in [0.2, 0.25) is 15.9 Å². The SMILES string of the molecule is COC(CN(C1CC(=O)N(c2ccc(Cl)cc2)C1=O)S(=O)(=O)c1cc(Cl)ccc1Cl)OC. The van der Waals surface area contributed by atoms with Gasteiger partial charge in [-0.05, 0) is 42.5 Å². The summed E-state index contributed by atoms with van der Waals surface area (Å²) in [5, 5.41) is 0.476. The highest BCUT2D eigenvalue weighted by atomic mass is 35.5. The maximum absolute atomic E-state index is 13.6. The highest BCUT2D eigenvalue weighted by molar-refractivity contribution is 7.89. The molecule has 32 heavy (non-hydrogen) atoms. The van der Waals surface area contributed by atoms with Crippen LogP contribution in [0.3, 0.4) is 0 Å². The molecule has 1 aliphatic heterocycles. The number of carbonyl (C=O) groups excluding carboxylic acids is 2. The zero-order valence-corrected chi connectivity index (χ0v) is 20.1. The first kappa shape index (κ1) is 24.9. The molecule has 1 heterocycles. The van der Waals surface area contributed by atoms with Crippen LogP contribution in [0.1, 0.15) is 6.42 Å². The average Bonchev–Trinajstić information content (AvgIpc) is 3.04. The van der Waals surface area contributed by atoms with E-state index in [9.17, 15) is 18.0 Å². The van der Waals surface area contributed by atoms with E-state index in [-0.39, 0.29) is 33.6 Å². The predicted molar refractivity (Wildman–Crippen MR) is 121 cm³/mol. The molecule has 0 spiro atoms. The van der Waals surface area contributed by atoms with Crippen molar-refractivity contribution in [1.82, 2.24) is 4.31 Å². The third-order valence-electron chi connectivity index (χ3n) is 4.89. The summed E-state index contributed by atoms with van der Waals surface area (Å²) in [6.45, 7) is -0.365. The Labute approximate surface area is 200 Å². The van der Waals surface area contributed by atoms with Gasteiger partial charge in [-0.3, -0.25) is 9.59 Å². The lowest BCUT2D eigenvalue weighted by molar-refractivity contribution is -0.125. The van der Waals surface area contributed by atoms with Crippen molar-refractivity contribution in [1.29, 1.82) is 0 Å². The van der Waals surface area contributed by atoms with E-state index in [1.165, 1.54) is 56.7 Å². The minimum atomic E-state index is -4.39. The van der Waals surface area contributed by atoms with E-state index in [4.69, 9.17) is 44.3 Å². The number of halogens is 3.